The molecule has 17 heteroatoms. The number of nitrogens with zero attached hydrogens (tertiary/aromatic N) is 3. The summed E-state index contributed by atoms with van der Waals surface area (Å²) in [6, 6.07) is 65.0. The van der Waals surface area contributed by atoms with Gasteiger partial charge in [-0.1, -0.05) is 150 Å². The number of halogens is 4. The summed E-state index contributed by atoms with van der Waals surface area (Å²) in [5.74, 6) is 0. The number of likely N-dealkylation sites (N-methyl/N-ethyl adjacent to an activating group) is 1. The molecule has 106 heavy (non-hydrogen) atoms. The van der Waals surface area contributed by atoms with Crippen LogP contribution in [-0.2, 0) is 46.0 Å². The molecule has 6 aromatic rings. The zero-order valence-corrected chi connectivity index (χ0v) is 74.1. The first-order chi connectivity index (χ1) is 50.9. The van der Waals surface area contributed by atoms with Crippen molar-refractivity contribution in [3.63, 3.8) is 0 Å². The second-order valence-corrected chi connectivity index (χ2v) is 51.5. The zero-order valence-electron chi connectivity index (χ0n) is 63.6. The number of morpholine rings is 3. The third-order valence-electron chi connectivity index (χ3n) is 20.2. The first-order valence-corrected chi connectivity index (χ1v) is 56.3. The Kier molecular flexibility index (Phi) is 53.0. The minimum absolute atomic E-state index is 0. The van der Waals surface area contributed by atoms with E-state index >= 15 is 0 Å². The minimum atomic E-state index is -1.52. The van der Waals surface area contributed by atoms with Crippen LogP contribution < -0.4 is 31.8 Å². The molecule has 0 N–H and O–H groups in total. The van der Waals surface area contributed by atoms with Crippen LogP contribution >= 0.6 is 70.8 Å². The second kappa shape index (κ2) is 59.1. The number of rotatable bonds is 14. The van der Waals surface area contributed by atoms with E-state index in [0.29, 0.717) is 0 Å². The van der Waals surface area contributed by atoms with E-state index in [1.54, 1.807) is 51.4 Å². The fourth-order valence-corrected chi connectivity index (χ4v) is 31.7. The van der Waals surface area contributed by atoms with Gasteiger partial charge in [0.05, 0.1) is 120 Å². The van der Waals surface area contributed by atoms with Gasteiger partial charge in [0.2, 0.25) is 0 Å². The van der Waals surface area contributed by atoms with E-state index in [-0.39, 0.29) is 31.0 Å². The van der Waals surface area contributed by atoms with E-state index < -0.39 is 42.9 Å². The zero-order chi connectivity index (χ0) is 73.5. The van der Waals surface area contributed by atoms with Crippen molar-refractivity contribution in [2.75, 3.05) is 99.2 Å². The maximum Gasteiger partial charge on any atom is 0.102 e. The van der Waals surface area contributed by atoms with Gasteiger partial charge >= 0.3 is 126 Å². The van der Waals surface area contributed by atoms with Crippen molar-refractivity contribution in [3.8, 4) is 0 Å². The van der Waals surface area contributed by atoms with Gasteiger partial charge in [0.15, 0.2) is 0 Å². The van der Waals surface area contributed by atoms with Gasteiger partial charge in [0.1, 0.15) is 31.8 Å². The Hall–Kier alpha value is -1.61. The Morgan fingerprint density at radius 2 is 0.519 bits per heavy atom. The van der Waals surface area contributed by atoms with Gasteiger partial charge in [-0.15, -0.1) is 0 Å². The predicted octanol–water partition coefficient (Wildman–Crippen LogP) is 22.0. The third-order valence-corrected chi connectivity index (χ3v) is 37.3. The summed E-state index contributed by atoms with van der Waals surface area (Å²) in [6.45, 7) is 23.0. The molecule has 4 saturated carbocycles. The fraction of sp³-hybridized carbons (Fsp3) is 0.528. The third kappa shape index (κ3) is 38.5. The largest absolute Gasteiger partial charge is 0.379 e. The summed E-state index contributed by atoms with van der Waals surface area (Å²) >= 11 is -3.04. The monoisotopic (exact) mass is 1780 g/mol. The number of ether oxygens (including phenoxy) is 4. The normalized spacial score (nSPS) is 18.5. The van der Waals surface area contributed by atoms with Crippen LogP contribution in [0.25, 0.3) is 0 Å². The van der Waals surface area contributed by atoms with Crippen LogP contribution in [0.2, 0.25) is 0 Å². The Morgan fingerprint density at radius 3 is 0.679 bits per heavy atom. The Labute approximate surface area is 676 Å². The molecule has 0 bridgehead atoms. The van der Waals surface area contributed by atoms with Gasteiger partial charge in [-0.25, -0.2) is 0 Å². The van der Waals surface area contributed by atoms with Gasteiger partial charge < -0.3 is 23.8 Å². The molecule has 6 aromatic carbocycles. The summed E-state index contributed by atoms with van der Waals surface area (Å²) in [4.78, 5) is 2.27. The van der Waals surface area contributed by atoms with Crippen molar-refractivity contribution in [1.82, 2.24) is 14.2 Å². The van der Waals surface area contributed by atoms with Crippen molar-refractivity contribution in [2.24, 2.45) is 0 Å². The molecule has 8 aliphatic rings. The molecule has 14 rings (SSSR count). The molecule has 4 aliphatic carbocycles. The average Bonchev–Trinajstić information content (AvgIpc) is 0.858. The summed E-state index contributed by atoms with van der Waals surface area (Å²) in [5.41, 5.74) is 6.87. The van der Waals surface area contributed by atoms with Crippen molar-refractivity contribution >= 4 is 112 Å². The van der Waals surface area contributed by atoms with Crippen molar-refractivity contribution < 1.29 is 46.0 Å². The molecule has 0 spiro atoms. The molecular weight excluding hydrogens is 1640 g/mol. The molecule has 0 radical (unpaired) electrons. The van der Waals surface area contributed by atoms with Crippen LogP contribution in [0, 0.1) is 0 Å². The van der Waals surface area contributed by atoms with Crippen molar-refractivity contribution in [3.05, 3.63) is 205 Å². The van der Waals surface area contributed by atoms with Gasteiger partial charge in [0, 0.05) is 26.3 Å². The van der Waals surface area contributed by atoms with Gasteiger partial charge in [-0.05, 0) is 195 Å². The van der Waals surface area contributed by atoms with Crippen LogP contribution in [0.4, 0.5) is 0 Å². The van der Waals surface area contributed by atoms with Gasteiger partial charge in [-0.2, -0.15) is 9.34 Å². The molecule has 8 fully saturated rings. The van der Waals surface area contributed by atoms with Crippen LogP contribution in [0.15, 0.2) is 205 Å². The molecule has 592 valence electrons. The van der Waals surface area contributed by atoms with Gasteiger partial charge in [-0.3, -0.25) is 0 Å². The van der Waals surface area contributed by atoms with E-state index in [9.17, 15) is 0 Å². The van der Waals surface area contributed by atoms with E-state index in [1.165, 1.54) is 159 Å². The molecule has 4 aliphatic heterocycles. The van der Waals surface area contributed by atoms with Crippen molar-refractivity contribution in [2.45, 2.75) is 206 Å². The van der Waals surface area contributed by atoms with Crippen LogP contribution in [-0.4, -0.2) is 145 Å². The Bertz CT molecular complexity index is 2710. The molecule has 4 saturated heterocycles. The van der Waals surface area contributed by atoms with Crippen LogP contribution in [0.3, 0.4) is 0 Å². The molecular formula is C89H137Cl4N3O4P4Ru2+4. The van der Waals surface area contributed by atoms with E-state index in [2.05, 4.69) is 203 Å². The first kappa shape index (κ1) is 95.0. The topological polar surface area (TPSA) is 46.6 Å². The number of hydrogen-bond acceptors (Lipinski definition) is 7. The number of benzene rings is 6. The van der Waals surface area contributed by atoms with E-state index in [0.717, 1.165) is 88.6 Å². The van der Waals surface area contributed by atoms with Gasteiger partial charge in [0.25, 0.3) is 0 Å². The smallest absolute Gasteiger partial charge is 0.102 e. The maximum absolute atomic E-state index is 5.60. The molecule has 0 unspecified atom stereocenters. The summed E-state index contributed by atoms with van der Waals surface area (Å²) < 4.78 is 30.8. The molecule has 0 amide bonds. The Balaban J connectivity index is 0.000000225. The second-order valence-electron chi connectivity index (χ2n) is 28.7. The number of allylic oxidation sites excluding steroid dienone is 4. The summed E-state index contributed by atoms with van der Waals surface area (Å²) in [5, 5.41) is 8.61. The predicted molar refractivity (Wildman–Crippen MR) is 478 cm³/mol. The quantitative estimate of drug-likeness (QED) is 0.0795. The van der Waals surface area contributed by atoms with Crippen molar-refractivity contribution in [1.29, 1.82) is 0 Å². The molecule has 0 aromatic heterocycles. The summed E-state index contributed by atoms with van der Waals surface area (Å²) in [7, 11) is 21.9. The SMILES string of the molecule is C.C.C1CCC([PH+](C2CCCCC2)N2CCOCC2)CC1.C1CCC([PH+](C2CCCCC2)N2CCOCC2)CC1.C1CCOC1.CC(C)=C[CH]=[Ru]([Cl])[Cl].CC(C)=C[CH]=[Ru]([Cl])[Cl].CN1CCOCC1.c1ccc([PH+](c2ccccc2)c2ccccc2)cc1.c1ccc([PH+](c2ccccc2)c2ccccc2)cc1. The average molecular weight is 1780 g/mol. The summed E-state index contributed by atoms with van der Waals surface area (Å²) in [6.07, 6.45) is 36.9. The van der Waals surface area contributed by atoms with E-state index in [4.69, 9.17) is 57.7 Å². The minimum Gasteiger partial charge on any atom is -0.379 e. The van der Waals surface area contributed by atoms with E-state index in [1.807, 2.05) is 49.1 Å². The molecule has 4 heterocycles. The molecule has 0 atom stereocenters. The van der Waals surface area contributed by atoms with Crippen LogP contribution in [0.5, 0.6) is 0 Å². The fourth-order valence-electron chi connectivity index (χ4n) is 15.1. The maximum atomic E-state index is 5.60. The standard InChI is InChI=1S/2C18H15P.2C16H30NOP.C5H11NO.2C5H8.C4H8O.2CH4.4ClH.2Ru/c2*1-4-10-16(11-5-1)19(17-12-6-2-7-13-17)18-14-8-3-9-15-18;2*1-3-7-15(8-4-1)19(16-9-5-2-6-10-16)17-11-13-18-14-12-17;1-6-2-4-7-5-3-6;2*1-4-5(2)3;1-2-4-5-3-1;;;;;;;;/h2*1-15H;2*15-16H,1-14H2;2-5H2,1H3;2*1,4H,2-3H3;1-4H2;2*1H4;4*1H;;/q;;;;;;;;;;;;;;2*+2. The van der Waals surface area contributed by atoms with Crippen LogP contribution in [0.1, 0.15) is 184 Å². The Morgan fingerprint density at radius 1 is 0.311 bits per heavy atom. The first-order valence-electron chi connectivity index (χ1n) is 39.2. The number of hydrogen-bond donors (Lipinski definition) is 0. The molecule has 7 nitrogen and oxygen atoms in total.